The van der Waals surface area contributed by atoms with E-state index in [1.165, 1.54) is 16.9 Å². The van der Waals surface area contributed by atoms with Gasteiger partial charge in [-0.2, -0.15) is 0 Å². The van der Waals surface area contributed by atoms with E-state index >= 15 is 0 Å². The molecule has 0 unspecified atom stereocenters. The Morgan fingerprint density at radius 1 is 1.23 bits per heavy atom. The Morgan fingerprint density at radius 2 is 1.97 bits per heavy atom. The standard InChI is InChI=1S/C24H28N2O3S/c1-13-12-15(10-11-25-13)19-18(21(23(27)28)29-24(3,4)5)14(2)26-22-20(19)16-8-6-7-9-17(16)30-22/h10-12,21H,6-9H2,1-5H3,(H,27,28)/t21-/m0/s1. The molecule has 0 spiro atoms. The minimum atomic E-state index is -1.09. The van der Waals surface area contributed by atoms with Gasteiger partial charge in [0, 0.05) is 39.0 Å². The third-order valence-corrected chi connectivity index (χ3v) is 6.66. The summed E-state index contributed by atoms with van der Waals surface area (Å²) in [6.07, 6.45) is 5.12. The number of fused-ring (bicyclic) bond motifs is 3. The van der Waals surface area contributed by atoms with Gasteiger partial charge in [-0.1, -0.05) is 0 Å². The van der Waals surface area contributed by atoms with Crippen LogP contribution in [-0.2, 0) is 22.4 Å². The molecule has 1 N–H and O–H groups in total. The first-order valence-corrected chi connectivity index (χ1v) is 11.3. The van der Waals surface area contributed by atoms with Crippen molar-refractivity contribution in [2.75, 3.05) is 0 Å². The number of pyridine rings is 2. The first-order valence-electron chi connectivity index (χ1n) is 10.4. The molecule has 3 aromatic heterocycles. The highest BCUT2D eigenvalue weighted by Crippen LogP contribution is 2.45. The molecule has 1 aliphatic carbocycles. The second kappa shape index (κ2) is 7.75. The molecule has 0 saturated carbocycles. The van der Waals surface area contributed by atoms with Crippen LogP contribution in [0.25, 0.3) is 21.3 Å². The molecule has 6 heteroatoms. The maximum Gasteiger partial charge on any atom is 0.337 e. The maximum atomic E-state index is 12.4. The monoisotopic (exact) mass is 424 g/mol. The van der Waals surface area contributed by atoms with E-state index in [2.05, 4.69) is 4.98 Å². The normalized spacial score (nSPS) is 15.2. The molecule has 0 bridgehead atoms. The van der Waals surface area contributed by atoms with Crippen LogP contribution < -0.4 is 0 Å². The zero-order chi connectivity index (χ0) is 21.6. The number of aliphatic carboxylic acids is 1. The molecule has 4 rings (SSSR count). The van der Waals surface area contributed by atoms with E-state index in [1.54, 1.807) is 17.5 Å². The smallest absolute Gasteiger partial charge is 0.337 e. The van der Waals surface area contributed by atoms with Crippen molar-refractivity contribution in [3.05, 3.63) is 45.7 Å². The van der Waals surface area contributed by atoms with E-state index in [9.17, 15) is 9.90 Å². The quantitative estimate of drug-likeness (QED) is 0.573. The topological polar surface area (TPSA) is 72.3 Å². The van der Waals surface area contributed by atoms with Crippen molar-refractivity contribution in [2.45, 2.75) is 72.0 Å². The zero-order valence-corrected chi connectivity index (χ0v) is 19.0. The second-order valence-electron chi connectivity index (χ2n) is 9.01. The highest BCUT2D eigenvalue weighted by molar-refractivity contribution is 7.19. The van der Waals surface area contributed by atoms with Crippen LogP contribution >= 0.6 is 11.3 Å². The zero-order valence-electron chi connectivity index (χ0n) is 18.2. The number of carbonyl (C=O) groups is 1. The third-order valence-electron chi connectivity index (χ3n) is 5.47. The number of carboxylic acid groups (broad SMARTS) is 1. The molecule has 3 heterocycles. The summed E-state index contributed by atoms with van der Waals surface area (Å²) in [7, 11) is 0. The summed E-state index contributed by atoms with van der Waals surface area (Å²) in [6, 6.07) is 3.99. The van der Waals surface area contributed by atoms with Gasteiger partial charge in [0.05, 0.1) is 5.60 Å². The molecule has 1 aliphatic rings. The van der Waals surface area contributed by atoms with Crippen molar-refractivity contribution >= 4 is 27.5 Å². The molecule has 0 aromatic carbocycles. The lowest BCUT2D eigenvalue weighted by molar-refractivity contribution is -0.160. The highest BCUT2D eigenvalue weighted by atomic mass is 32.1. The third kappa shape index (κ3) is 3.86. The van der Waals surface area contributed by atoms with Gasteiger partial charge in [-0.3, -0.25) is 4.98 Å². The first kappa shape index (κ1) is 20.9. The van der Waals surface area contributed by atoms with Gasteiger partial charge < -0.3 is 9.84 Å². The number of hydrogen-bond acceptors (Lipinski definition) is 5. The lowest BCUT2D eigenvalue weighted by Crippen LogP contribution is -2.28. The van der Waals surface area contributed by atoms with Gasteiger partial charge in [-0.25, -0.2) is 9.78 Å². The summed E-state index contributed by atoms with van der Waals surface area (Å²) >= 11 is 1.75. The van der Waals surface area contributed by atoms with E-state index in [0.29, 0.717) is 11.3 Å². The van der Waals surface area contributed by atoms with Crippen LogP contribution in [0.5, 0.6) is 0 Å². The van der Waals surface area contributed by atoms with E-state index in [4.69, 9.17) is 9.72 Å². The van der Waals surface area contributed by atoms with Gasteiger partial charge in [-0.05, 0) is 83.6 Å². The summed E-state index contributed by atoms with van der Waals surface area (Å²) in [4.78, 5) is 24.0. The molecule has 5 nitrogen and oxygen atoms in total. The summed E-state index contributed by atoms with van der Waals surface area (Å²) in [5, 5.41) is 11.2. The van der Waals surface area contributed by atoms with Gasteiger partial charge in [0.25, 0.3) is 0 Å². The number of ether oxygens (including phenoxy) is 1. The van der Waals surface area contributed by atoms with Crippen molar-refractivity contribution in [3.8, 4) is 11.1 Å². The Labute approximate surface area is 181 Å². The molecular weight excluding hydrogens is 396 g/mol. The number of aromatic nitrogens is 2. The largest absolute Gasteiger partial charge is 0.479 e. The van der Waals surface area contributed by atoms with Crippen molar-refractivity contribution < 1.29 is 14.6 Å². The molecule has 0 radical (unpaired) electrons. The molecule has 1 atom stereocenters. The fourth-order valence-corrected chi connectivity index (χ4v) is 5.64. The van der Waals surface area contributed by atoms with Gasteiger partial charge in [-0.15, -0.1) is 11.3 Å². The first-order chi connectivity index (χ1) is 14.2. The molecule has 0 amide bonds. The molecule has 3 aromatic rings. The summed E-state index contributed by atoms with van der Waals surface area (Å²) in [6.45, 7) is 9.50. The van der Waals surface area contributed by atoms with Crippen molar-refractivity contribution in [1.82, 2.24) is 9.97 Å². The fraction of sp³-hybridized carbons (Fsp3) is 0.458. The average Bonchev–Trinajstić information content (AvgIpc) is 3.02. The van der Waals surface area contributed by atoms with Gasteiger partial charge in [0.15, 0.2) is 6.10 Å². The number of aryl methyl sites for hydroxylation is 4. The van der Waals surface area contributed by atoms with Gasteiger partial charge in [0.2, 0.25) is 0 Å². The number of thiophene rings is 1. The molecule has 30 heavy (non-hydrogen) atoms. The van der Waals surface area contributed by atoms with Crippen LogP contribution in [0.4, 0.5) is 0 Å². The van der Waals surface area contributed by atoms with Crippen molar-refractivity contribution in [1.29, 1.82) is 0 Å². The highest BCUT2D eigenvalue weighted by Gasteiger charge is 2.33. The lowest BCUT2D eigenvalue weighted by Gasteiger charge is -2.28. The molecule has 0 aliphatic heterocycles. The SMILES string of the molecule is Cc1cc(-c2c([C@H](OC(C)(C)C)C(=O)O)c(C)nc3sc4c(c23)CCCC4)ccn1. The Morgan fingerprint density at radius 3 is 2.63 bits per heavy atom. The van der Waals surface area contributed by atoms with Gasteiger partial charge >= 0.3 is 5.97 Å². The minimum absolute atomic E-state index is 0.607. The summed E-state index contributed by atoms with van der Waals surface area (Å²) < 4.78 is 6.08. The fourth-order valence-electron chi connectivity index (χ4n) is 4.32. The Kier molecular flexibility index (Phi) is 5.41. The van der Waals surface area contributed by atoms with E-state index in [1.807, 2.05) is 46.8 Å². The summed E-state index contributed by atoms with van der Waals surface area (Å²) in [5.41, 5.74) is 4.91. The van der Waals surface area contributed by atoms with Crippen molar-refractivity contribution in [2.24, 2.45) is 0 Å². The Bertz CT molecular complexity index is 1130. The van der Waals surface area contributed by atoms with Crippen LogP contribution in [0.1, 0.15) is 67.1 Å². The van der Waals surface area contributed by atoms with Crippen LogP contribution in [0.3, 0.4) is 0 Å². The van der Waals surface area contributed by atoms with E-state index < -0.39 is 17.7 Å². The number of hydrogen-bond donors (Lipinski definition) is 1. The minimum Gasteiger partial charge on any atom is -0.479 e. The van der Waals surface area contributed by atoms with Crippen LogP contribution in [0.15, 0.2) is 18.3 Å². The maximum absolute atomic E-state index is 12.4. The number of carboxylic acids is 1. The lowest BCUT2D eigenvalue weighted by atomic mass is 9.88. The summed E-state index contributed by atoms with van der Waals surface area (Å²) in [5.74, 6) is -0.995. The Balaban J connectivity index is 2.10. The number of nitrogens with zero attached hydrogens (tertiary/aromatic N) is 2. The van der Waals surface area contributed by atoms with Crippen molar-refractivity contribution in [3.63, 3.8) is 0 Å². The molecule has 158 valence electrons. The van der Waals surface area contributed by atoms with E-state index in [-0.39, 0.29) is 0 Å². The molecule has 0 saturated heterocycles. The number of rotatable bonds is 4. The predicted molar refractivity (Wildman–Crippen MR) is 120 cm³/mol. The molecule has 0 fully saturated rings. The van der Waals surface area contributed by atoms with Crippen LogP contribution in [-0.4, -0.2) is 26.6 Å². The predicted octanol–water partition coefficient (Wildman–Crippen LogP) is 5.79. The Hall–Kier alpha value is -2.31. The van der Waals surface area contributed by atoms with Crippen LogP contribution in [0, 0.1) is 13.8 Å². The molecular formula is C24H28N2O3S. The van der Waals surface area contributed by atoms with Crippen LogP contribution in [0.2, 0.25) is 0 Å². The van der Waals surface area contributed by atoms with Gasteiger partial charge in [0.1, 0.15) is 4.83 Å². The van der Waals surface area contributed by atoms with E-state index in [0.717, 1.165) is 46.3 Å². The second-order valence-corrected chi connectivity index (χ2v) is 10.1. The average molecular weight is 425 g/mol.